The van der Waals surface area contributed by atoms with E-state index in [2.05, 4.69) is 15.6 Å². The van der Waals surface area contributed by atoms with Crippen molar-refractivity contribution >= 4 is 11.9 Å². The Bertz CT molecular complexity index is 231. The minimum Gasteiger partial charge on any atom is -0.383 e. The Hall–Kier alpha value is -1.30. The lowest BCUT2D eigenvalue weighted by Gasteiger charge is -2.11. The van der Waals surface area contributed by atoms with Crippen LogP contribution in [0.4, 0.5) is 0 Å². The van der Waals surface area contributed by atoms with Gasteiger partial charge in [-0.05, 0) is 13.3 Å². The van der Waals surface area contributed by atoms with E-state index < -0.39 is 0 Å². The van der Waals surface area contributed by atoms with Gasteiger partial charge in [0.1, 0.15) is 6.54 Å². The second-order valence-electron chi connectivity index (χ2n) is 3.50. The normalized spacial score (nSPS) is 13.3. The predicted molar refractivity (Wildman–Crippen MR) is 64.3 cm³/mol. The summed E-state index contributed by atoms with van der Waals surface area (Å²) in [5.74, 6) is 0.141. The Kier molecular flexibility index (Phi) is 8.24. The molecule has 0 saturated heterocycles. The van der Waals surface area contributed by atoms with Crippen molar-refractivity contribution in [2.75, 3.05) is 26.8 Å². The van der Waals surface area contributed by atoms with E-state index in [4.69, 9.17) is 10.5 Å². The van der Waals surface area contributed by atoms with Gasteiger partial charge in [0.05, 0.1) is 6.61 Å². The SMILES string of the molecule is CCC(C)NC(N)=NCC(=O)NCCOC. The topological polar surface area (TPSA) is 88.7 Å². The molecule has 94 valence electrons. The average Bonchev–Trinajstić information content (AvgIpc) is 2.26. The first-order valence-corrected chi connectivity index (χ1v) is 5.42. The van der Waals surface area contributed by atoms with Crippen molar-refractivity contribution in [3.05, 3.63) is 0 Å². The molecule has 4 N–H and O–H groups in total. The molecule has 0 aromatic heterocycles. The zero-order valence-corrected chi connectivity index (χ0v) is 10.2. The molecule has 0 radical (unpaired) electrons. The number of ether oxygens (including phenoxy) is 1. The number of carbonyl (C=O) groups is 1. The van der Waals surface area contributed by atoms with Gasteiger partial charge in [0.25, 0.3) is 0 Å². The van der Waals surface area contributed by atoms with Crippen molar-refractivity contribution in [1.82, 2.24) is 10.6 Å². The van der Waals surface area contributed by atoms with E-state index in [1.54, 1.807) is 7.11 Å². The Morgan fingerprint density at radius 1 is 1.56 bits per heavy atom. The van der Waals surface area contributed by atoms with E-state index in [-0.39, 0.29) is 18.5 Å². The molecule has 0 spiro atoms. The number of hydrogen-bond acceptors (Lipinski definition) is 3. The monoisotopic (exact) mass is 230 g/mol. The maximum Gasteiger partial charge on any atom is 0.241 e. The molecule has 0 bridgehead atoms. The summed E-state index contributed by atoms with van der Waals surface area (Å²) in [6.45, 7) is 5.07. The van der Waals surface area contributed by atoms with Crippen molar-refractivity contribution < 1.29 is 9.53 Å². The van der Waals surface area contributed by atoms with Crippen LogP contribution >= 0.6 is 0 Å². The lowest BCUT2D eigenvalue weighted by atomic mass is 10.3. The third-order valence-electron chi connectivity index (χ3n) is 2.03. The minimum atomic E-state index is -0.161. The van der Waals surface area contributed by atoms with E-state index in [0.717, 1.165) is 6.42 Å². The van der Waals surface area contributed by atoms with Crippen molar-refractivity contribution in [1.29, 1.82) is 0 Å². The molecule has 1 unspecified atom stereocenters. The van der Waals surface area contributed by atoms with Crippen molar-refractivity contribution in [3.63, 3.8) is 0 Å². The molecule has 0 aromatic carbocycles. The summed E-state index contributed by atoms with van der Waals surface area (Å²) in [4.78, 5) is 15.1. The molecule has 6 heteroatoms. The van der Waals surface area contributed by atoms with Gasteiger partial charge in [-0.15, -0.1) is 0 Å². The second-order valence-corrected chi connectivity index (χ2v) is 3.50. The highest BCUT2D eigenvalue weighted by molar-refractivity contribution is 5.84. The molecule has 0 aliphatic heterocycles. The molecule has 0 aliphatic carbocycles. The quantitative estimate of drug-likeness (QED) is 0.311. The lowest BCUT2D eigenvalue weighted by Crippen LogP contribution is -2.39. The van der Waals surface area contributed by atoms with Crippen LogP contribution in [0, 0.1) is 0 Å². The molecule has 1 atom stereocenters. The van der Waals surface area contributed by atoms with Gasteiger partial charge >= 0.3 is 0 Å². The van der Waals surface area contributed by atoms with Crippen LogP contribution in [0.25, 0.3) is 0 Å². The van der Waals surface area contributed by atoms with Crippen LogP contribution < -0.4 is 16.4 Å². The first-order valence-electron chi connectivity index (χ1n) is 5.42. The van der Waals surface area contributed by atoms with Crippen LogP contribution in [0.1, 0.15) is 20.3 Å². The number of hydrogen-bond donors (Lipinski definition) is 3. The summed E-state index contributed by atoms with van der Waals surface area (Å²) in [6.07, 6.45) is 0.955. The van der Waals surface area contributed by atoms with E-state index in [0.29, 0.717) is 19.1 Å². The zero-order chi connectivity index (χ0) is 12.4. The molecular weight excluding hydrogens is 208 g/mol. The van der Waals surface area contributed by atoms with Crippen LogP contribution in [-0.4, -0.2) is 44.7 Å². The number of nitrogens with one attached hydrogen (secondary N) is 2. The smallest absolute Gasteiger partial charge is 0.241 e. The summed E-state index contributed by atoms with van der Waals surface area (Å²) in [5, 5.41) is 5.63. The molecule has 1 amide bonds. The van der Waals surface area contributed by atoms with Gasteiger partial charge in [-0.1, -0.05) is 6.92 Å². The van der Waals surface area contributed by atoms with Gasteiger partial charge in [0, 0.05) is 19.7 Å². The number of amides is 1. The maximum absolute atomic E-state index is 11.2. The molecule has 0 rings (SSSR count). The van der Waals surface area contributed by atoms with Crippen LogP contribution in [0.3, 0.4) is 0 Å². The first-order chi connectivity index (χ1) is 7.60. The van der Waals surface area contributed by atoms with Gasteiger partial charge in [0.2, 0.25) is 5.91 Å². The first kappa shape index (κ1) is 14.7. The third kappa shape index (κ3) is 8.05. The molecule has 0 aromatic rings. The highest BCUT2D eigenvalue weighted by atomic mass is 16.5. The number of aliphatic imine (C=N–C) groups is 1. The fraction of sp³-hybridized carbons (Fsp3) is 0.800. The second kappa shape index (κ2) is 8.96. The van der Waals surface area contributed by atoms with Crippen molar-refractivity contribution in [2.45, 2.75) is 26.3 Å². The Morgan fingerprint density at radius 3 is 2.81 bits per heavy atom. The number of carbonyl (C=O) groups excluding carboxylic acids is 1. The molecule has 0 saturated carbocycles. The molecule has 6 nitrogen and oxygen atoms in total. The van der Waals surface area contributed by atoms with Gasteiger partial charge in [-0.3, -0.25) is 4.79 Å². The summed E-state index contributed by atoms with van der Waals surface area (Å²) >= 11 is 0. The van der Waals surface area contributed by atoms with Gasteiger partial charge in [0.15, 0.2) is 5.96 Å². The van der Waals surface area contributed by atoms with Gasteiger partial charge in [-0.2, -0.15) is 0 Å². The van der Waals surface area contributed by atoms with Crippen LogP contribution in [0.2, 0.25) is 0 Å². The van der Waals surface area contributed by atoms with E-state index in [1.807, 2.05) is 13.8 Å². The average molecular weight is 230 g/mol. The number of rotatable bonds is 7. The summed E-state index contributed by atoms with van der Waals surface area (Å²) in [5.41, 5.74) is 5.59. The van der Waals surface area contributed by atoms with E-state index in [9.17, 15) is 4.79 Å². The van der Waals surface area contributed by atoms with E-state index in [1.165, 1.54) is 0 Å². The van der Waals surface area contributed by atoms with Crippen LogP contribution in [0.15, 0.2) is 4.99 Å². The number of guanidine groups is 1. The fourth-order valence-electron chi connectivity index (χ4n) is 0.906. The Labute approximate surface area is 96.6 Å². The van der Waals surface area contributed by atoms with Crippen molar-refractivity contribution in [3.8, 4) is 0 Å². The summed E-state index contributed by atoms with van der Waals surface area (Å²) < 4.78 is 4.80. The Morgan fingerprint density at radius 2 is 2.25 bits per heavy atom. The van der Waals surface area contributed by atoms with Gasteiger partial charge < -0.3 is 21.1 Å². The van der Waals surface area contributed by atoms with Crippen LogP contribution in [0.5, 0.6) is 0 Å². The predicted octanol–water partition coefficient (Wildman–Crippen LogP) is -0.548. The zero-order valence-electron chi connectivity index (χ0n) is 10.2. The van der Waals surface area contributed by atoms with Crippen LogP contribution in [-0.2, 0) is 9.53 Å². The molecule has 0 heterocycles. The standard InChI is InChI=1S/C10H22N4O2/c1-4-8(2)14-10(11)13-7-9(15)12-5-6-16-3/h8H,4-7H2,1-3H3,(H,12,15)(H3,11,13,14). The lowest BCUT2D eigenvalue weighted by molar-refractivity contribution is -0.119. The third-order valence-corrected chi connectivity index (χ3v) is 2.03. The summed E-state index contributed by atoms with van der Waals surface area (Å²) in [6, 6.07) is 0.264. The molecule has 16 heavy (non-hydrogen) atoms. The van der Waals surface area contributed by atoms with Crippen molar-refractivity contribution in [2.24, 2.45) is 10.7 Å². The number of nitrogens with zero attached hydrogens (tertiary/aromatic N) is 1. The number of methoxy groups -OCH3 is 1. The fourth-order valence-corrected chi connectivity index (χ4v) is 0.906. The number of nitrogens with two attached hydrogens (primary N) is 1. The largest absolute Gasteiger partial charge is 0.383 e. The van der Waals surface area contributed by atoms with E-state index >= 15 is 0 Å². The molecular formula is C10H22N4O2. The molecule has 0 fully saturated rings. The Balaban J connectivity index is 3.74. The van der Waals surface area contributed by atoms with Gasteiger partial charge in [-0.25, -0.2) is 4.99 Å². The maximum atomic E-state index is 11.2. The minimum absolute atomic E-state index is 0.0407. The summed E-state index contributed by atoms with van der Waals surface area (Å²) in [7, 11) is 1.58. The highest BCUT2D eigenvalue weighted by Crippen LogP contribution is 1.86. The molecule has 0 aliphatic rings. The highest BCUT2D eigenvalue weighted by Gasteiger charge is 2.01.